The van der Waals surface area contributed by atoms with E-state index in [0.29, 0.717) is 5.54 Å². The van der Waals surface area contributed by atoms with Crippen molar-refractivity contribution < 1.29 is 0 Å². The fourth-order valence-electron chi connectivity index (χ4n) is 3.72. The molecule has 0 N–H and O–H groups in total. The first-order valence-corrected chi connectivity index (χ1v) is 8.30. The van der Waals surface area contributed by atoms with Crippen molar-refractivity contribution in [3.63, 3.8) is 0 Å². The molecule has 0 aromatic rings. The Labute approximate surface area is 125 Å². The summed E-state index contributed by atoms with van der Waals surface area (Å²) in [7, 11) is 0. The molecule has 3 heteroatoms. The molecule has 19 heavy (non-hydrogen) atoms. The summed E-state index contributed by atoms with van der Waals surface area (Å²) in [4.78, 5) is 5.33. The van der Waals surface area contributed by atoms with Gasteiger partial charge in [0.1, 0.15) is 0 Å². The van der Waals surface area contributed by atoms with Gasteiger partial charge in [-0.25, -0.2) is 0 Å². The molecular formula is C16H32N2S. The van der Waals surface area contributed by atoms with Gasteiger partial charge in [0.15, 0.2) is 0 Å². The molecule has 2 atom stereocenters. The topological polar surface area (TPSA) is 6.48 Å². The molecule has 2 saturated heterocycles. The van der Waals surface area contributed by atoms with Crippen molar-refractivity contribution in [1.82, 2.24) is 9.80 Å². The van der Waals surface area contributed by atoms with Crippen LogP contribution in [0.25, 0.3) is 0 Å². The lowest BCUT2D eigenvalue weighted by molar-refractivity contribution is 0.00293. The number of thiol groups is 1. The van der Waals surface area contributed by atoms with E-state index in [-0.39, 0.29) is 4.75 Å². The summed E-state index contributed by atoms with van der Waals surface area (Å²) in [6.45, 7) is 17.8. The first kappa shape index (κ1) is 15.7. The highest BCUT2D eigenvalue weighted by Gasteiger charge is 2.37. The predicted molar refractivity (Wildman–Crippen MR) is 87.0 cm³/mol. The maximum atomic E-state index is 4.69. The van der Waals surface area contributed by atoms with E-state index in [2.05, 4.69) is 57.0 Å². The smallest absolute Gasteiger partial charge is 0.0200 e. The molecule has 2 aliphatic rings. The molecule has 2 fully saturated rings. The summed E-state index contributed by atoms with van der Waals surface area (Å²) in [6.07, 6.45) is 2.76. The Morgan fingerprint density at radius 1 is 0.947 bits per heavy atom. The van der Waals surface area contributed by atoms with Crippen LogP contribution in [-0.2, 0) is 0 Å². The van der Waals surface area contributed by atoms with Gasteiger partial charge < -0.3 is 4.90 Å². The molecule has 0 amide bonds. The number of hydrogen-bond donors (Lipinski definition) is 1. The van der Waals surface area contributed by atoms with Gasteiger partial charge in [-0.1, -0.05) is 0 Å². The first-order valence-electron chi connectivity index (χ1n) is 7.85. The highest BCUT2D eigenvalue weighted by Crippen LogP contribution is 2.34. The Kier molecular flexibility index (Phi) is 4.59. The van der Waals surface area contributed by atoms with Crippen LogP contribution in [0.15, 0.2) is 0 Å². The van der Waals surface area contributed by atoms with Crippen LogP contribution in [-0.4, -0.2) is 52.8 Å². The van der Waals surface area contributed by atoms with E-state index in [0.717, 1.165) is 18.4 Å². The molecule has 0 aromatic carbocycles. The van der Waals surface area contributed by atoms with Crippen molar-refractivity contribution >= 4 is 12.6 Å². The van der Waals surface area contributed by atoms with Crippen LogP contribution in [0.1, 0.15) is 47.5 Å². The van der Waals surface area contributed by atoms with Gasteiger partial charge in [-0.2, -0.15) is 12.6 Å². The molecule has 0 aliphatic carbocycles. The van der Waals surface area contributed by atoms with E-state index < -0.39 is 0 Å². The lowest BCUT2D eigenvalue weighted by atomic mass is 9.79. The van der Waals surface area contributed by atoms with Gasteiger partial charge in [0.05, 0.1) is 0 Å². The number of rotatable bonds is 2. The van der Waals surface area contributed by atoms with Crippen LogP contribution in [0, 0.1) is 11.8 Å². The van der Waals surface area contributed by atoms with Crippen LogP contribution in [0.5, 0.6) is 0 Å². The highest BCUT2D eigenvalue weighted by atomic mass is 32.1. The first-order chi connectivity index (χ1) is 8.65. The Hall–Kier alpha value is 0.270. The fourth-order valence-corrected chi connectivity index (χ4v) is 3.92. The minimum Gasteiger partial charge on any atom is -0.302 e. The van der Waals surface area contributed by atoms with Gasteiger partial charge in [0.25, 0.3) is 0 Å². The molecule has 2 aliphatic heterocycles. The third kappa shape index (κ3) is 4.37. The van der Waals surface area contributed by atoms with Crippen molar-refractivity contribution in [3.8, 4) is 0 Å². The molecule has 0 bridgehead atoms. The fraction of sp³-hybridized carbons (Fsp3) is 1.00. The Bertz CT molecular complexity index is 303. The van der Waals surface area contributed by atoms with Crippen molar-refractivity contribution in [2.24, 2.45) is 11.8 Å². The zero-order valence-electron chi connectivity index (χ0n) is 13.4. The summed E-state index contributed by atoms with van der Waals surface area (Å²) >= 11 is 4.69. The van der Waals surface area contributed by atoms with E-state index >= 15 is 0 Å². The Morgan fingerprint density at radius 3 is 2.11 bits per heavy atom. The van der Waals surface area contributed by atoms with Crippen LogP contribution in [0.2, 0.25) is 0 Å². The van der Waals surface area contributed by atoms with Gasteiger partial charge in [0.2, 0.25) is 0 Å². The normalized spacial score (nSPS) is 31.3. The summed E-state index contributed by atoms with van der Waals surface area (Å²) < 4.78 is 0.138. The number of nitrogens with zero attached hydrogens (tertiary/aromatic N) is 2. The molecule has 0 radical (unpaired) electrons. The van der Waals surface area contributed by atoms with E-state index in [1.165, 1.54) is 39.0 Å². The van der Waals surface area contributed by atoms with Gasteiger partial charge in [-0.05, 0) is 72.4 Å². The second-order valence-corrected chi connectivity index (χ2v) is 9.47. The average molecular weight is 285 g/mol. The molecule has 2 nitrogen and oxygen atoms in total. The molecule has 0 saturated carbocycles. The monoisotopic (exact) mass is 284 g/mol. The SMILES string of the molecule is CC(C)(S)CN1CCC2CN(C(C)(C)C)CCC2C1. The predicted octanol–water partition coefficient (Wildman–Crippen LogP) is 3.14. The lowest BCUT2D eigenvalue weighted by Gasteiger charge is -2.49. The summed E-state index contributed by atoms with van der Waals surface area (Å²) in [5.41, 5.74) is 0.342. The van der Waals surface area contributed by atoms with Crippen LogP contribution in [0.4, 0.5) is 0 Å². The molecule has 0 spiro atoms. The summed E-state index contributed by atoms with van der Waals surface area (Å²) in [6, 6.07) is 0. The number of hydrogen-bond acceptors (Lipinski definition) is 3. The largest absolute Gasteiger partial charge is 0.302 e. The molecule has 2 rings (SSSR count). The Balaban J connectivity index is 1.89. The number of piperidine rings is 2. The third-order valence-electron chi connectivity index (χ3n) is 4.76. The van der Waals surface area contributed by atoms with Gasteiger partial charge in [-0.3, -0.25) is 4.90 Å². The molecule has 2 heterocycles. The zero-order chi connectivity index (χ0) is 14.3. The average Bonchev–Trinajstić information content (AvgIpc) is 2.24. The summed E-state index contributed by atoms with van der Waals surface area (Å²) in [5, 5.41) is 0. The van der Waals surface area contributed by atoms with Crippen LogP contribution < -0.4 is 0 Å². The van der Waals surface area contributed by atoms with Crippen LogP contribution >= 0.6 is 12.6 Å². The molecule has 112 valence electrons. The van der Waals surface area contributed by atoms with Crippen molar-refractivity contribution in [2.75, 3.05) is 32.7 Å². The quantitative estimate of drug-likeness (QED) is 0.778. The van der Waals surface area contributed by atoms with E-state index in [9.17, 15) is 0 Å². The standard InChI is InChI=1S/C16H32N2S/c1-15(2,3)18-9-7-13-10-17(12-16(4,5)19)8-6-14(13)11-18/h13-14,19H,6-12H2,1-5H3. The van der Waals surface area contributed by atoms with Gasteiger partial charge >= 0.3 is 0 Å². The zero-order valence-corrected chi connectivity index (χ0v) is 14.3. The minimum absolute atomic E-state index is 0.138. The number of fused-ring (bicyclic) bond motifs is 1. The molecule has 0 aromatic heterocycles. The van der Waals surface area contributed by atoms with E-state index in [1.807, 2.05) is 0 Å². The van der Waals surface area contributed by atoms with E-state index in [4.69, 9.17) is 0 Å². The summed E-state index contributed by atoms with van der Waals surface area (Å²) in [5.74, 6) is 1.84. The van der Waals surface area contributed by atoms with Crippen molar-refractivity contribution in [3.05, 3.63) is 0 Å². The third-order valence-corrected chi connectivity index (χ3v) is 4.90. The maximum absolute atomic E-state index is 4.69. The minimum atomic E-state index is 0.138. The van der Waals surface area contributed by atoms with Gasteiger partial charge in [0, 0.05) is 29.9 Å². The molecular weight excluding hydrogens is 252 g/mol. The maximum Gasteiger partial charge on any atom is 0.0200 e. The number of likely N-dealkylation sites (tertiary alicyclic amines) is 2. The Morgan fingerprint density at radius 2 is 1.53 bits per heavy atom. The highest BCUT2D eigenvalue weighted by molar-refractivity contribution is 7.81. The molecule has 2 unspecified atom stereocenters. The second kappa shape index (κ2) is 5.57. The van der Waals surface area contributed by atoms with E-state index in [1.54, 1.807) is 0 Å². The lowest BCUT2D eigenvalue weighted by Crippen LogP contribution is -2.55. The van der Waals surface area contributed by atoms with Crippen LogP contribution in [0.3, 0.4) is 0 Å². The van der Waals surface area contributed by atoms with Crippen molar-refractivity contribution in [1.29, 1.82) is 0 Å². The van der Waals surface area contributed by atoms with Crippen molar-refractivity contribution in [2.45, 2.75) is 57.7 Å². The second-order valence-electron chi connectivity index (χ2n) is 8.26. The van der Waals surface area contributed by atoms with Gasteiger partial charge in [-0.15, -0.1) is 0 Å².